The van der Waals surface area contributed by atoms with Gasteiger partial charge in [-0.2, -0.15) is 0 Å². The van der Waals surface area contributed by atoms with Crippen molar-refractivity contribution in [2.75, 3.05) is 6.61 Å². The van der Waals surface area contributed by atoms with E-state index in [1.165, 1.54) is 5.56 Å². The van der Waals surface area contributed by atoms with E-state index in [4.69, 9.17) is 4.74 Å². The van der Waals surface area contributed by atoms with E-state index in [-0.39, 0.29) is 11.0 Å². The molecule has 0 unspecified atom stereocenters. The quantitative estimate of drug-likeness (QED) is 0.866. The molecular weight excluding hydrogens is 262 g/mol. The zero-order chi connectivity index (χ0) is 14.8. The third kappa shape index (κ3) is 3.16. The second kappa shape index (κ2) is 5.60. The first-order valence-corrected chi connectivity index (χ1v) is 7.62. The predicted molar refractivity (Wildman–Crippen MR) is 82.0 cm³/mol. The lowest BCUT2D eigenvalue weighted by atomic mass is 9.67. The maximum atomic E-state index is 5.95. The van der Waals surface area contributed by atoms with E-state index in [9.17, 15) is 0 Å². The highest BCUT2D eigenvalue weighted by Crippen LogP contribution is 2.44. The zero-order valence-corrected chi connectivity index (χ0v) is 12.8. The Hall–Kier alpha value is -1.68. The van der Waals surface area contributed by atoms with Gasteiger partial charge in [-0.05, 0) is 38.7 Å². The number of rotatable bonds is 4. The Labute approximate surface area is 126 Å². The van der Waals surface area contributed by atoms with Gasteiger partial charge in [0, 0.05) is 18.6 Å². The summed E-state index contributed by atoms with van der Waals surface area (Å²) in [7, 11) is 0. The van der Waals surface area contributed by atoms with Crippen LogP contribution in [0.15, 0.2) is 43.0 Å². The van der Waals surface area contributed by atoms with E-state index in [0.717, 1.165) is 32.4 Å². The van der Waals surface area contributed by atoms with Gasteiger partial charge < -0.3 is 9.30 Å². The Balaban J connectivity index is 1.87. The Morgan fingerprint density at radius 3 is 2.52 bits per heavy atom. The Kier molecular flexibility index (Phi) is 3.81. The number of aryl methyl sites for hydroxylation is 1. The summed E-state index contributed by atoms with van der Waals surface area (Å²) in [6, 6.07) is 10.9. The minimum absolute atomic E-state index is 0.0682. The molecule has 0 amide bonds. The summed E-state index contributed by atoms with van der Waals surface area (Å²) in [6.07, 6.45) is 6.79. The molecule has 112 valence electrons. The van der Waals surface area contributed by atoms with Gasteiger partial charge in [-0.1, -0.05) is 30.3 Å². The number of nitrogens with zero attached hydrogens (tertiary/aromatic N) is 3. The molecular formula is C17H23N3O. The Bertz CT molecular complexity index is 565. The molecule has 0 bridgehead atoms. The molecule has 1 aliphatic heterocycles. The van der Waals surface area contributed by atoms with E-state index < -0.39 is 0 Å². The highest BCUT2D eigenvalue weighted by Gasteiger charge is 2.41. The van der Waals surface area contributed by atoms with Gasteiger partial charge in [-0.3, -0.25) is 0 Å². The molecule has 1 aromatic heterocycles. The fourth-order valence-corrected chi connectivity index (χ4v) is 3.55. The van der Waals surface area contributed by atoms with Crippen LogP contribution < -0.4 is 0 Å². The first-order chi connectivity index (χ1) is 10.1. The molecule has 1 aliphatic rings. The third-order valence-corrected chi connectivity index (χ3v) is 4.54. The molecule has 1 fully saturated rings. The first-order valence-electron chi connectivity index (χ1n) is 7.62. The monoisotopic (exact) mass is 285 g/mol. The number of hydrogen-bond donors (Lipinski definition) is 0. The highest BCUT2D eigenvalue weighted by atomic mass is 16.5. The maximum absolute atomic E-state index is 5.95. The molecule has 3 rings (SSSR count). The van der Waals surface area contributed by atoms with Gasteiger partial charge in [0.25, 0.3) is 0 Å². The normalized spacial score (nSPS) is 24.9. The fraction of sp³-hybridized carbons (Fsp3) is 0.529. The van der Waals surface area contributed by atoms with Crippen LogP contribution in [-0.2, 0) is 16.7 Å². The predicted octanol–water partition coefficient (Wildman–Crippen LogP) is 3.20. The van der Waals surface area contributed by atoms with Crippen LogP contribution in [0.25, 0.3) is 0 Å². The van der Waals surface area contributed by atoms with Crippen molar-refractivity contribution in [1.29, 1.82) is 0 Å². The minimum atomic E-state index is -0.0682. The molecule has 21 heavy (non-hydrogen) atoms. The van der Waals surface area contributed by atoms with Crippen LogP contribution in [0.1, 0.15) is 38.7 Å². The fourth-order valence-electron chi connectivity index (χ4n) is 3.55. The Morgan fingerprint density at radius 2 is 1.86 bits per heavy atom. The average Bonchev–Trinajstić information content (AvgIpc) is 2.98. The smallest absolute Gasteiger partial charge is 0.119 e. The summed E-state index contributed by atoms with van der Waals surface area (Å²) in [5.41, 5.74) is 1.53. The second-order valence-electron chi connectivity index (χ2n) is 6.63. The van der Waals surface area contributed by atoms with Crippen LogP contribution in [0.5, 0.6) is 0 Å². The van der Waals surface area contributed by atoms with Crippen molar-refractivity contribution in [2.24, 2.45) is 0 Å². The molecule has 0 saturated carbocycles. The molecule has 1 saturated heterocycles. The van der Waals surface area contributed by atoms with Gasteiger partial charge in [0.05, 0.1) is 5.60 Å². The molecule has 0 spiro atoms. The Morgan fingerprint density at radius 1 is 1.14 bits per heavy atom. The van der Waals surface area contributed by atoms with Crippen molar-refractivity contribution in [3.63, 3.8) is 0 Å². The number of aromatic nitrogens is 3. The van der Waals surface area contributed by atoms with Gasteiger partial charge in [-0.25, -0.2) is 0 Å². The standard InChI is InChI=1S/C17H23N3O/c1-16(2)12-17(9-11-21-16,15-6-4-3-5-7-15)8-10-20-13-18-19-14-20/h3-7,13-14H,8-12H2,1-2H3/t17-/m0/s1. The van der Waals surface area contributed by atoms with E-state index in [1.54, 1.807) is 12.7 Å². The molecule has 0 radical (unpaired) electrons. The van der Waals surface area contributed by atoms with Crippen LogP contribution in [0.3, 0.4) is 0 Å². The number of ether oxygens (including phenoxy) is 1. The van der Waals surface area contributed by atoms with Crippen molar-refractivity contribution in [1.82, 2.24) is 14.8 Å². The van der Waals surface area contributed by atoms with Gasteiger partial charge in [-0.15, -0.1) is 10.2 Å². The van der Waals surface area contributed by atoms with Gasteiger partial charge in [0.2, 0.25) is 0 Å². The summed E-state index contributed by atoms with van der Waals surface area (Å²) in [5, 5.41) is 7.80. The lowest BCUT2D eigenvalue weighted by Crippen LogP contribution is -2.44. The molecule has 2 aromatic rings. The van der Waals surface area contributed by atoms with Crippen molar-refractivity contribution < 1.29 is 4.74 Å². The van der Waals surface area contributed by atoms with Crippen LogP contribution >= 0.6 is 0 Å². The summed E-state index contributed by atoms with van der Waals surface area (Å²) in [6.45, 7) is 6.16. The molecule has 2 heterocycles. The van der Waals surface area contributed by atoms with E-state index in [0.29, 0.717) is 0 Å². The highest BCUT2D eigenvalue weighted by molar-refractivity contribution is 5.27. The molecule has 1 atom stereocenters. The van der Waals surface area contributed by atoms with E-state index >= 15 is 0 Å². The van der Waals surface area contributed by atoms with Crippen LogP contribution in [0, 0.1) is 0 Å². The largest absolute Gasteiger partial charge is 0.376 e. The average molecular weight is 285 g/mol. The first kappa shape index (κ1) is 14.3. The molecule has 4 heteroatoms. The lowest BCUT2D eigenvalue weighted by Gasteiger charge is -2.45. The molecule has 0 N–H and O–H groups in total. The topological polar surface area (TPSA) is 39.9 Å². The van der Waals surface area contributed by atoms with Gasteiger partial charge in [0.1, 0.15) is 12.7 Å². The lowest BCUT2D eigenvalue weighted by molar-refractivity contribution is -0.0848. The number of hydrogen-bond acceptors (Lipinski definition) is 3. The van der Waals surface area contributed by atoms with E-state index in [2.05, 4.69) is 58.9 Å². The van der Waals surface area contributed by atoms with Crippen LogP contribution in [-0.4, -0.2) is 27.0 Å². The van der Waals surface area contributed by atoms with Crippen molar-refractivity contribution >= 4 is 0 Å². The zero-order valence-electron chi connectivity index (χ0n) is 12.8. The summed E-state index contributed by atoms with van der Waals surface area (Å²) < 4.78 is 8.01. The maximum Gasteiger partial charge on any atom is 0.119 e. The second-order valence-corrected chi connectivity index (χ2v) is 6.63. The third-order valence-electron chi connectivity index (χ3n) is 4.54. The SMILES string of the molecule is CC1(C)C[C@@](CCn2cnnc2)(c2ccccc2)CCO1. The van der Waals surface area contributed by atoms with Gasteiger partial charge >= 0.3 is 0 Å². The van der Waals surface area contributed by atoms with E-state index in [1.807, 2.05) is 0 Å². The van der Waals surface area contributed by atoms with Crippen molar-refractivity contribution in [3.05, 3.63) is 48.5 Å². The summed E-state index contributed by atoms with van der Waals surface area (Å²) in [4.78, 5) is 0. The number of benzene rings is 1. The van der Waals surface area contributed by atoms with Crippen molar-refractivity contribution in [3.8, 4) is 0 Å². The minimum Gasteiger partial charge on any atom is -0.376 e. The van der Waals surface area contributed by atoms with Crippen LogP contribution in [0.2, 0.25) is 0 Å². The summed E-state index contributed by atoms with van der Waals surface area (Å²) >= 11 is 0. The van der Waals surface area contributed by atoms with Gasteiger partial charge in [0.15, 0.2) is 0 Å². The summed E-state index contributed by atoms with van der Waals surface area (Å²) in [5.74, 6) is 0. The molecule has 0 aliphatic carbocycles. The molecule has 4 nitrogen and oxygen atoms in total. The van der Waals surface area contributed by atoms with Crippen molar-refractivity contribution in [2.45, 2.75) is 50.7 Å². The molecule has 1 aromatic carbocycles. The van der Waals surface area contributed by atoms with Crippen LogP contribution in [0.4, 0.5) is 0 Å².